The lowest BCUT2D eigenvalue weighted by molar-refractivity contribution is -0.112. The van der Waals surface area contributed by atoms with Crippen molar-refractivity contribution in [3.63, 3.8) is 0 Å². The van der Waals surface area contributed by atoms with Gasteiger partial charge in [0.05, 0.1) is 5.69 Å². The minimum absolute atomic E-state index is 0.0163. The van der Waals surface area contributed by atoms with Gasteiger partial charge in [-0.2, -0.15) is 0 Å². The molecule has 9 nitrogen and oxygen atoms in total. The highest BCUT2D eigenvalue weighted by Gasteiger charge is 2.43. The molecule has 4 heterocycles. The summed E-state index contributed by atoms with van der Waals surface area (Å²) in [5.41, 5.74) is 10.3. The van der Waals surface area contributed by atoms with Gasteiger partial charge in [0.15, 0.2) is 0 Å². The third-order valence-electron chi connectivity index (χ3n) is 7.18. The third kappa shape index (κ3) is 4.53. The molecule has 35 heavy (non-hydrogen) atoms. The summed E-state index contributed by atoms with van der Waals surface area (Å²) in [7, 11) is 1.66. The fourth-order valence-corrected chi connectivity index (χ4v) is 5.17. The summed E-state index contributed by atoms with van der Waals surface area (Å²) >= 11 is 0. The van der Waals surface area contributed by atoms with E-state index in [-0.39, 0.29) is 17.4 Å². The summed E-state index contributed by atoms with van der Waals surface area (Å²) in [6.45, 7) is 3.53. The van der Waals surface area contributed by atoms with Crippen LogP contribution in [0.25, 0.3) is 22.0 Å². The highest BCUT2D eigenvalue weighted by molar-refractivity contribution is 6.01. The van der Waals surface area contributed by atoms with Gasteiger partial charge in [0, 0.05) is 55.8 Å². The summed E-state index contributed by atoms with van der Waals surface area (Å²) in [5.74, 6) is 0.664. The number of pyridine rings is 3. The van der Waals surface area contributed by atoms with E-state index in [9.17, 15) is 9.59 Å². The quantitative estimate of drug-likeness (QED) is 0.501. The number of hydrogen-bond donors (Lipinski definition) is 3. The van der Waals surface area contributed by atoms with Crippen LogP contribution in [0.4, 0.5) is 16.4 Å². The Kier molecular flexibility index (Phi) is 5.84. The van der Waals surface area contributed by atoms with E-state index in [0.29, 0.717) is 11.6 Å². The van der Waals surface area contributed by atoms with Gasteiger partial charge in [0.2, 0.25) is 5.91 Å². The highest BCUT2D eigenvalue weighted by atomic mass is 16.2. The van der Waals surface area contributed by atoms with E-state index < -0.39 is 0 Å². The van der Waals surface area contributed by atoms with Gasteiger partial charge in [0.1, 0.15) is 11.6 Å². The van der Waals surface area contributed by atoms with E-state index in [1.807, 2.05) is 30.0 Å². The van der Waals surface area contributed by atoms with Gasteiger partial charge in [-0.15, -0.1) is 0 Å². The number of nitrogen functional groups attached to an aromatic ring is 1. The average Bonchev–Trinajstić information content (AvgIpc) is 2.83. The molecule has 0 bridgehead atoms. The summed E-state index contributed by atoms with van der Waals surface area (Å²) in [6.07, 6.45) is 10.6. The predicted molar refractivity (Wildman–Crippen MR) is 136 cm³/mol. The van der Waals surface area contributed by atoms with Crippen molar-refractivity contribution in [3.8, 4) is 11.3 Å². The number of hydrogen-bond acceptors (Lipinski definition) is 6. The van der Waals surface area contributed by atoms with Crippen LogP contribution in [0.3, 0.4) is 0 Å². The number of aryl methyl sites for hydroxylation is 1. The fraction of sp³-hybridized carbons (Fsp3) is 0.346. The largest absolute Gasteiger partial charge is 0.383 e. The maximum Gasteiger partial charge on any atom is 0.317 e. The van der Waals surface area contributed by atoms with Crippen molar-refractivity contribution >= 4 is 34.3 Å². The van der Waals surface area contributed by atoms with E-state index >= 15 is 0 Å². The number of fused-ring (bicyclic) bond motifs is 1. The van der Waals surface area contributed by atoms with Crippen LogP contribution in [0, 0.1) is 12.3 Å². The molecule has 3 aromatic rings. The van der Waals surface area contributed by atoms with Gasteiger partial charge in [-0.05, 0) is 67.2 Å². The number of nitrogens with zero attached hydrogens (tertiary/aromatic N) is 4. The standard InChI is InChI=1S/C26H29N7O2/c1-16-3-6-29-14-19(16)21-10-18-11-22(30-15-20(18)24(27)31-21)32-23(34)9-17-12-26(13-17)4-7-33(8-5-26)25(35)28-2/h3,6,9-11,14-15H,4-5,7-8,12-13H2,1-2H3,(H2,27,31)(H,28,35)(H,30,32,34). The highest BCUT2D eigenvalue weighted by Crippen LogP contribution is 2.52. The Morgan fingerprint density at radius 3 is 2.66 bits per heavy atom. The Labute approximate surface area is 203 Å². The molecule has 1 saturated heterocycles. The Morgan fingerprint density at radius 1 is 1.17 bits per heavy atom. The molecule has 0 aromatic carbocycles. The van der Waals surface area contributed by atoms with Crippen LogP contribution in [-0.2, 0) is 4.79 Å². The molecule has 180 valence electrons. The van der Waals surface area contributed by atoms with E-state index in [0.717, 1.165) is 71.9 Å². The zero-order valence-corrected chi connectivity index (χ0v) is 20.0. The topological polar surface area (TPSA) is 126 Å². The number of amides is 3. The molecule has 2 fully saturated rings. The van der Waals surface area contributed by atoms with E-state index in [2.05, 4.69) is 25.6 Å². The maximum atomic E-state index is 12.7. The van der Waals surface area contributed by atoms with Crippen LogP contribution < -0.4 is 16.4 Å². The SMILES string of the molecule is CNC(=O)N1CCC2(CC1)CC(=CC(=O)Nc1cc3cc(-c4cnccc4C)nc(N)c3cn1)C2. The second kappa shape index (κ2) is 8.98. The minimum Gasteiger partial charge on any atom is -0.383 e. The average molecular weight is 472 g/mol. The van der Waals surface area contributed by atoms with Gasteiger partial charge in [-0.25, -0.2) is 14.8 Å². The lowest BCUT2D eigenvalue weighted by atomic mass is 9.60. The van der Waals surface area contributed by atoms with Crippen molar-refractivity contribution in [3.05, 3.63) is 54.0 Å². The predicted octanol–water partition coefficient (Wildman–Crippen LogP) is 3.66. The second-order valence-corrected chi connectivity index (χ2v) is 9.56. The van der Waals surface area contributed by atoms with Crippen LogP contribution in [0.15, 0.2) is 48.4 Å². The van der Waals surface area contributed by atoms with Gasteiger partial charge < -0.3 is 21.3 Å². The number of carbonyl (C=O) groups excluding carboxylic acids is 2. The molecule has 0 atom stereocenters. The van der Waals surface area contributed by atoms with Crippen LogP contribution in [0.2, 0.25) is 0 Å². The number of rotatable bonds is 3. The molecule has 5 rings (SSSR count). The van der Waals surface area contributed by atoms with Crippen LogP contribution in [-0.4, -0.2) is 51.9 Å². The molecule has 1 aliphatic carbocycles. The molecule has 2 aliphatic rings. The molecule has 1 saturated carbocycles. The van der Waals surface area contributed by atoms with Crippen molar-refractivity contribution < 1.29 is 9.59 Å². The van der Waals surface area contributed by atoms with Crippen molar-refractivity contribution in [1.82, 2.24) is 25.2 Å². The second-order valence-electron chi connectivity index (χ2n) is 9.56. The molecular formula is C26H29N7O2. The van der Waals surface area contributed by atoms with Crippen molar-refractivity contribution in [2.75, 3.05) is 31.2 Å². The van der Waals surface area contributed by atoms with Gasteiger partial charge in [-0.3, -0.25) is 9.78 Å². The first-order chi connectivity index (χ1) is 16.9. The smallest absolute Gasteiger partial charge is 0.317 e. The van der Waals surface area contributed by atoms with Gasteiger partial charge in [-0.1, -0.05) is 5.57 Å². The summed E-state index contributed by atoms with van der Waals surface area (Å²) in [4.78, 5) is 39.4. The number of allylic oxidation sites excluding steroid dienone is 1. The fourth-order valence-electron chi connectivity index (χ4n) is 5.17. The number of likely N-dealkylation sites (tertiary alicyclic amines) is 1. The molecule has 0 radical (unpaired) electrons. The molecule has 4 N–H and O–H groups in total. The monoisotopic (exact) mass is 471 g/mol. The first kappa shape index (κ1) is 22.8. The number of aromatic nitrogens is 3. The molecule has 3 aromatic heterocycles. The normalized spacial score (nSPS) is 16.6. The number of urea groups is 1. The lowest BCUT2D eigenvalue weighted by Gasteiger charge is -2.49. The molecule has 0 unspecified atom stereocenters. The van der Waals surface area contributed by atoms with Crippen LogP contribution in [0.1, 0.15) is 31.2 Å². The molecule has 9 heteroatoms. The van der Waals surface area contributed by atoms with Crippen LogP contribution in [0.5, 0.6) is 0 Å². The van der Waals surface area contributed by atoms with E-state index in [1.54, 1.807) is 31.7 Å². The summed E-state index contributed by atoms with van der Waals surface area (Å²) in [6, 6.07) is 5.67. The Bertz CT molecular complexity index is 1330. The number of piperidine rings is 1. The Hall–Kier alpha value is -4.01. The summed E-state index contributed by atoms with van der Waals surface area (Å²) < 4.78 is 0. The van der Waals surface area contributed by atoms with Crippen molar-refractivity contribution in [2.45, 2.75) is 32.6 Å². The third-order valence-corrected chi connectivity index (χ3v) is 7.18. The minimum atomic E-state index is -0.185. The Balaban J connectivity index is 1.26. The zero-order valence-electron chi connectivity index (χ0n) is 20.0. The molecule has 1 spiro atoms. The number of anilines is 2. The van der Waals surface area contributed by atoms with E-state index in [1.165, 1.54) is 0 Å². The van der Waals surface area contributed by atoms with Gasteiger partial charge in [0.25, 0.3) is 0 Å². The van der Waals surface area contributed by atoms with Crippen molar-refractivity contribution in [1.29, 1.82) is 0 Å². The number of nitrogens with one attached hydrogen (secondary N) is 2. The number of carbonyl (C=O) groups is 2. The molecule has 1 aliphatic heterocycles. The zero-order chi connectivity index (χ0) is 24.6. The van der Waals surface area contributed by atoms with Crippen molar-refractivity contribution in [2.24, 2.45) is 5.41 Å². The first-order valence-corrected chi connectivity index (χ1v) is 11.8. The molecular weight excluding hydrogens is 442 g/mol. The van der Waals surface area contributed by atoms with E-state index in [4.69, 9.17) is 5.73 Å². The van der Waals surface area contributed by atoms with Crippen LogP contribution >= 0.6 is 0 Å². The van der Waals surface area contributed by atoms with Gasteiger partial charge >= 0.3 is 6.03 Å². The number of nitrogens with two attached hydrogens (primary N) is 1. The first-order valence-electron chi connectivity index (χ1n) is 11.8. The Morgan fingerprint density at radius 2 is 1.94 bits per heavy atom. The molecule has 3 amide bonds. The lowest BCUT2D eigenvalue weighted by Crippen LogP contribution is -2.49. The maximum absolute atomic E-state index is 12.7. The summed E-state index contributed by atoms with van der Waals surface area (Å²) in [5, 5.41) is 7.15.